The molecule has 0 radical (unpaired) electrons. The molecule has 0 aliphatic rings. The lowest BCUT2D eigenvalue weighted by Gasteiger charge is -2.08. The Balaban J connectivity index is 2.30. The van der Waals surface area contributed by atoms with Gasteiger partial charge in [-0.3, -0.25) is 4.98 Å². The first-order chi connectivity index (χ1) is 8.85. The second-order valence-electron chi connectivity index (χ2n) is 4.23. The monoisotopic (exact) mass is 241 g/mol. The van der Waals surface area contributed by atoms with Crippen LogP contribution in [0.3, 0.4) is 0 Å². The highest BCUT2D eigenvalue weighted by Gasteiger charge is 2.06. The first-order valence-electron chi connectivity index (χ1n) is 6.49. The summed E-state index contributed by atoms with van der Waals surface area (Å²) in [5.41, 5.74) is 3.40. The number of benzene rings is 1. The van der Waals surface area contributed by atoms with Gasteiger partial charge in [0, 0.05) is 24.5 Å². The lowest BCUT2D eigenvalue weighted by molar-refractivity contribution is 0.922. The van der Waals surface area contributed by atoms with Crippen molar-refractivity contribution in [3.63, 3.8) is 0 Å². The van der Waals surface area contributed by atoms with Crippen LogP contribution in [0.1, 0.15) is 25.8 Å². The maximum Gasteiger partial charge on any atom is 0.152 e. The predicted molar refractivity (Wildman–Crippen MR) is 75.6 cm³/mol. The highest BCUT2D eigenvalue weighted by Crippen LogP contribution is 2.23. The quantitative estimate of drug-likeness (QED) is 0.870. The van der Waals surface area contributed by atoms with Crippen molar-refractivity contribution in [2.75, 3.05) is 11.9 Å². The van der Waals surface area contributed by atoms with Crippen LogP contribution in [-0.4, -0.2) is 16.5 Å². The highest BCUT2D eigenvalue weighted by atomic mass is 15.0. The maximum absolute atomic E-state index is 4.42. The summed E-state index contributed by atoms with van der Waals surface area (Å²) in [4.78, 5) is 8.75. The Labute approximate surface area is 108 Å². The average Bonchev–Trinajstić information content (AvgIpc) is 2.41. The summed E-state index contributed by atoms with van der Waals surface area (Å²) in [6.45, 7) is 5.10. The van der Waals surface area contributed by atoms with Gasteiger partial charge in [-0.05, 0) is 18.9 Å². The zero-order valence-corrected chi connectivity index (χ0v) is 11.0. The Morgan fingerprint density at radius 2 is 1.72 bits per heavy atom. The Kier molecular flexibility index (Phi) is 4.29. The standard InChI is InChI=1S/C15H19N3/c1-3-5-12-6-8-13(9-7-12)14-15(16-4-2)18-11-10-17-14/h6-11H,3-5H2,1-2H3,(H,16,18). The fraction of sp³-hybridized carbons (Fsp3) is 0.333. The van der Waals surface area contributed by atoms with Gasteiger partial charge in [-0.2, -0.15) is 0 Å². The van der Waals surface area contributed by atoms with Crippen LogP contribution in [0.5, 0.6) is 0 Å². The molecule has 0 amide bonds. The van der Waals surface area contributed by atoms with Crippen LogP contribution in [0.25, 0.3) is 11.3 Å². The normalized spacial score (nSPS) is 10.3. The third-order valence-corrected chi connectivity index (χ3v) is 2.81. The first-order valence-corrected chi connectivity index (χ1v) is 6.49. The van der Waals surface area contributed by atoms with Gasteiger partial charge in [0.1, 0.15) is 5.69 Å². The predicted octanol–water partition coefficient (Wildman–Crippen LogP) is 3.53. The lowest BCUT2D eigenvalue weighted by Crippen LogP contribution is -2.02. The molecule has 0 aliphatic carbocycles. The fourth-order valence-electron chi connectivity index (χ4n) is 1.96. The van der Waals surface area contributed by atoms with Crippen LogP contribution in [0.2, 0.25) is 0 Å². The number of nitrogens with one attached hydrogen (secondary N) is 1. The summed E-state index contributed by atoms with van der Waals surface area (Å²) in [5, 5.41) is 3.24. The summed E-state index contributed by atoms with van der Waals surface area (Å²) < 4.78 is 0. The van der Waals surface area contributed by atoms with Crippen LogP contribution >= 0.6 is 0 Å². The minimum atomic E-state index is 0.847. The first kappa shape index (κ1) is 12.6. The van der Waals surface area contributed by atoms with Gasteiger partial charge in [-0.25, -0.2) is 4.98 Å². The number of hydrogen-bond acceptors (Lipinski definition) is 3. The molecule has 1 heterocycles. The van der Waals surface area contributed by atoms with Crippen molar-refractivity contribution in [1.29, 1.82) is 0 Å². The smallest absolute Gasteiger partial charge is 0.152 e. The van der Waals surface area contributed by atoms with Gasteiger partial charge in [-0.15, -0.1) is 0 Å². The highest BCUT2D eigenvalue weighted by molar-refractivity contribution is 5.71. The van der Waals surface area contributed by atoms with Gasteiger partial charge < -0.3 is 5.32 Å². The van der Waals surface area contributed by atoms with E-state index in [1.807, 2.05) is 0 Å². The molecule has 0 aliphatic heterocycles. The molecular formula is C15H19N3. The van der Waals surface area contributed by atoms with E-state index < -0.39 is 0 Å². The van der Waals surface area contributed by atoms with E-state index in [1.54, 1.807) is 12.4 Å². The number of anilines is 1. The van der Waals surface area contributed by atoms with E-state index in [1.165, 1.54) is 12.0 Å². The van der Waals surface area contributed by atoms with E-state index in [2.05, 4.69) is 53.4 Å². The molecule has 0 bridgehead atoms. The van der Waals surface area contributed by atoms with Gasteiger partial charge in [0.2, 0.25) is 0 Å². The van der Waals surface area contributed by atoms with E-state index >= 15 is 0 Å². The van der Waals surface area contributed by atoms with Crippen molar-refractivity contribution in [3.05, 3.63) is 42.2 Å². The Hall–Kier alpha value is -1.90. The SMILES string of the molecule is CCCc1ccc(-c2nccnc2NCC)cc1. The number of aromatic nitrogens is 2. The zero-order chi connectivity index (χ0) is 12.8. The Bertz CT molecular complexity index is 491. The van der Waals surface area contributed by atoms with Gasteiger partial charge in [0.15, 0.2) is 5.82 Å². The van der Waals surface area contributed by atoms with Gasteiger partial charge >= 0.3 is 0 Å². The molecule has 0 atom stereocenters. The summed E-state index contributed by atoms with van der Waals surface area (Å²) in [7, 11) is 0. The van der Waals surface area contributed by atoms with Crippen LogP contribution in [0, 0.1) is 0 Å². The van der Waals surface area contributed by atoms with Crippen LogP contribution < -0.4 is 5.32 Å². The summed E-state index contributed by atoms with van der Waals surface area (Å²) in [5.74, 6) is 0.850. The molecule has 2 aromatic rings. The third-order valence-electron chi connectivity index (χ3n) is 2.81. The molecular weight excluding hydrogens is 222 g/mol. The average molecular weight is 241 g/mol. The van der Waals surface area contributed by atoms with Gasteiger partial charge in [0.25, 0.3) is 0 Å². The number of nitrogens with zero attached hydrogens (tertiary/aromatic N) is 2. The van der Waals surface area contributed by atoms with Crippen molar-refractivity contribution in [2.24, 2.45) is 0 Å². The van der Waals surface area contributed by atoms with Crippen molar-refractivity contribution in [1.82, 2.24) is 9.97 Å². The molecule has 1 aromatic heterocycles. The topological polar surface area (TPSA) is 37.8 Å². The van der Waals surface area contributed by atoms with Gasteiger partial charge in [0.05, 0.1) is 0 Å². The van der Waals surface area contributed by atoms with E-state index in [-0.39, 0.29) is 0 Å². The number of hydrogen-bond donors (Lipinski definition) is 1. The van der Waals surface area contributed by atoms with Crippen LogP contribution in [0.4, 0.5) is 5.82 Å². The van der Waals surface area contributed by atoms with Gasteiger partial charge in [-0.1, -0.05) is 37.6 Å². The summed E-state index contributed by atoms with van der Waals surface area (Å²) >= 11 is 0. The van der Waals surface area contributed by atoms with Crippen LogP contribution in [-0.2, 0) is 6.42 Å². The van der Waals surface area contributed by atoms with Crippen molar-refractivity contribution >= 4 is 5.82 Å². The molecule has 0 spiro atoms. The zero-order valence-electron chi connectivity index (χ0n) is 11.0. The molecule has 0 unspecified atom stereocenters. The van der Waals surface area contributed by atoms with E-state index in [0.29, 0.717) is 0 Å². The second-order valence-corrected chi connectivity index (χ2v) is 4.23. The molecule has 0 saturated heterocycles. The molecule has 3 heteroatoms. The summed E-state index contributed by atoms with van der Waals surface area (Å²) in [6.07, 6.45) is 5.75. The summed E-state index contributed by atoms with van der Waals surface area (Å²) in [6, 6.07) is 8.58. The maximum atomic E-state index is 4.42. The number of rotatable bonds is 5. The number of aryl methyl sites for hydroxylation is 1. The minimum absolute atomic E-state index is 0.847. The molecule has 2 rings (SSSR count). The van der Waals surface area contributed by atoms with E-state index in [9.17, 15) is 0 Å². The van der Waals surface area contributed by atoms with Crippen molar-refractivity contribution in [3.8, 4) is 11.3 Å². The molecule has 94 valence electrons. The van der Waals surface area contributed by atoms with Crippen molar-refractivity contribution in [2.45, 2.75) is 26.7 Å². The van der Waals surface area contributed by atoms with E-state index in [0.717, 1.165) is 30.0 Å². The molecule has 18 heavy (non-hydrogen) atoms. The van der Waals surface area contributed by atoms with Crippen molar-refractivity contribution < 1.29 is 0 Å². The fourth-order valence-corrected chi connectivity index (χ4v) is 1.96. The van der Waals surface area contributed by atoms with E-state index in [4.69, 9.17) is 0 Å². The largest absolute Gasteiger partial charge is 0.369 e. The molecule has 3 nitrogen and oxygen atoms in total. The molecule has 0 fully saturated rings. The third kappa shape index (κ3) is 2.86. The second kappa shape index (κ2) is 6.15. The minimum Gasteiger partial charge on any atom is -0.369 e. The molecule has 1 N–H and O–H groups in total. The lowest BCUT2D eigenvalue weighted by atomic mass is 10.1. The Morgan fingerprint density at radius 3 is 2.39 bits per heavy atom. The molecule has 1 aromatic carbocycles. The van der Waals surface area contributed by atoms with Crippen LogP contribution in [0.15, 0.2) is 36.7 Å². The Morgan fingerprint density at radius 1 is 1.00 bits per heavy atom. The molecule has 0 saturated carbocycles.